The molecule has 0 radical (unpaired) electrons. The first-order valence-corrected chi connectivity index (χ1v) is 12.2. The summed E-state index contributed by atoms with van der Waals surface area (Å²) in [5.41, 5.74) is 5.90. The number of aliphatic hydroxyl groups is 1. The number of carbonyl (C=O) groups excluding carboxylic acids is 1. The summed E-state index contributed by atoms with van der Waals surface area (Å²) in [6.45, 7) is 5.23. The van der Waals surface area contributed by atoms with E-state index in [-0.39, 0.29) is 0 Å². The lowest BCUT2D eigenvalue weighted by atomic mass is 9.83. The zero-order valence-electron chi connectivity index (χ0n) is 20.2. The van der Waals surface area contributed by atoms with Gasteiger partial charge in [0.1, 0.15) is 24.4 Å². The molecule has 0 heterocycles. The van der Waals surface area contributed by atoms with E-state index in [0.29, 0.717) is 25.2 Å². The molecular weight excluding hydrogens is 424 g/mol. The molecule has 1 N–H and O–H groups in total. The lowest BCUT2D eigenvalue weighted by molar-refractivity contribution is -0.0135. The van der Waals surface area contributed by atoms with Crippen LogP contribution in [-0.4, -0.2) is 23.6 Å². The first-order valence-electron chi connectivity index (χ1n) is 12.2. The highest BCUT2D eigenvalue weighted by atomic mass is 16.5. The minimum absolute atomic E-state index is 0.462. The smallest absolute Gasteiger partial charge is 0.150 e. The lowest BCUT2D eigenvalue weighted by Gasteiger charge is -2.31. The van der Waals surface area contributed by atoms with Gasteiger partial charge in [-0.05, 0) is 90.9 Å². The summed E-state index contributed by atoms with van der Waals surface area (Å²) >= 11 is 0. The van der Waals surface area contributed by atoms with Gasteiger partial charge < -0.3 is 14.6 Å². The van der Waals surface area contributed by atoms with E-state index in [2.05, 4.69) is 44.2 Å². The molecule has 0 aliphatic heterocycles. The number of aldehydes is 1. The van der Waals surface area contributed by atoms with Crippen molar-refractivity contribution in [2.75, 3.05) is 6.61 Å². The van der Waals surface area contributed by atoms with E-state index in [1.807, 2.05) is 18.2 Å². The quantitative estimate of drug-likeness (QED) is 0.357. The molecule has 0 bridgehead atoms. The molecule has 0 amide bonds. The lowest BCUT2D eigenvalue weighted by Crippen LogP contribution is -2.33. The van der Waals surface area contributed by atoms with Crippen LogP contribution in [0.1, 0.15) is 65.6 Å². The summed E-state index contributed by atoms with van der Waals surface area (Å²) in [6.07, 6.45) is 6.74. The number of aryl methyl sites for hydroxylation is 1. The second kappa shape index (κ2) is 10.9. The van der Waals surface area contributed by atoms with E-state index in [4.69, 9.17) is 9.47 Å². The third-order valence-electron chi connectivity index (χ3n) is 6.96. The maximum absolute atomic E-state index is 10.8. The molecule has 0 saturated heterocycles. The molecule has 4 nitrogen and oxygen atoms in total. The summed E-state index contributed by atoms with van der Waals surface area (Å²) in [4.78, 5) is 10.8. The highest BCUT2D eigenvalue weighted by molar-refractivity contribution is 5.75. The molecule has 4 rings (SSSR count). The molecular formula is C30H34O4. The number of hydrogen-bond donors (Lipinski definition) is 1. The summed E-state index contributed by atoms with van der Waals surface area (Å²) < 4.78 is 12.0. The Balaban J connectivity index is 1.41. The molecule has 0 spiro atoms. The normalized spacial score (nSPS) is 15.0. The monoisotopic (exact) mass is 458 g/mol. The fraction of sp³-hybridized carbons (Fsp3) is 0.367. The van der Waals surface area contributed by atoms with Gasteiger partial charge >= 0.3 is 0 Å². The maximum Gasteiger partial charge on any atom is 0.150 e. The Kier molecular flexibility index (Phi) is 7.69. The Morgan fingerprint density at radius 2 is 1.62 bits per heavy atom. The van der Waals surface area contributed by atoms with Crippen molar-refractivity contribution in [1.29, 1.82) is 0 Å². The van der Waals surface area contributed by atoms with Gasteiger partial charge in [-0.25, -0.2) is 0 Å². The molecule has 1 saturated carbocycles. The SMILES string of the molecule is Cc1cc(OCCC2(O)CCCCC2)ccc1-c1cccc(COc2ccc(C=O)cc2)c1C. The Bertz CT molecular complexity index is 1110. The van der Waals surface area contributed by atoms with Crippen LogP contribution in [0.15, 0.2) is 60.7 Å². The van der Waals surface area contributed by atoms with Gasteiger partial charge in [0.2, 0.25) is 0 Å². The maximum atomic E-state index is 10.8. The number of benzene rings is 3. The Hall–Kier alpha value is -3.11. The fourth-order valence-corrected chi connectivity index (χ4v) is 4.78. The predicted octanol–water partition coefficient (Wildman–Crippen LogP) is 6.83. The van der Waals surface area contributed by atoms with Crippen LogP contribution in [0.3, 0.4) is 0 Å². The van der Waals surface area contributed by atoms with E-state index < -0.39 is 5.60 Å². The van der Waals surface area contributed by atoms with E-state index in [9.17, 15) is 9.90 Å². The van der Waals surface area contributed by atoms with Crippen LogP contribution in [0.5, 0.6) is 11.5 Å². The van der Waals surface area contributed by atoms with E-state index >= 15 is 0 Å². The first kappa shape index (κ1) is 24.0. The summed E-state index contributed by atoms with van der Waals surface area (Å²) in [5.74, 6) is 1.59. The minimum Gasteiger partial charge on any atom is -0.493 e. The zero-order chi connectivity index (χ0) is 24.0. The topological polar surface area (TPSA) is 55.8 Å². The van der Waals surface area contributed by atoms with E-state index in [1.165, 1.54) is 23.1 Å². The van der Waals surface area contributed by atoms with Crippen molar-refractivity contribution in [2.45, 2.75) is 64.6 Å². The van der Waals surface area contributed by atoms with Crippen LogP contribution in [0.4, 0.5) is 0 Å². The molecule has 0 unspecified atom stereocenters. The van der Waals surface area contributed by atoms with Crippen molar-refractivity contribution < 1.29 is 19.4 Å². The highest BCUT2D eigenvalue weighted by Crippen LogP contribution is 2.33. The standard InChI is InChI=1S/C30H34O4/c1-22-19-27(33-18-17-30(32)15-4-3-5-16-30)13-14-28(22)29-8-6-7-25(23(29)2)21-34-26-11-9-24(20-31)10-12-26/h6-14,19-20,32H,3-5,15-18,21H2,1-2H3. The average molecular weight is 459 g/mol. The third-order valence-corrected chi connectivity index (χ3v) is 6.96. The van der Waals surface area contributed by atoms with Gasteiger partial charge in [-0.3, -0.25) is 4.79 Å². The second-order valence-electron chi connectivity index (χ2n) is 9.43. The summed E-state index contributed by atoms with van der Waals surface area (Å²) in [7, 11) is 0. The second-order valence-corrected chi connectivity index (χ2v) is 9.43. The van der Waals surface area contributed by atoms with Gasteiger partial charge in [-0.15, -0.1) is 0 Å². The van der Waals surface area contributed by atoms with Crippen LogP contribution in [-0.2, 0) is 6.61 Å². The molecule has 1 fully saturated rings. The van der Waals surface area contributed by atoms with Gasteiger partial charge in [0, 0.05) is 12.0 Å². The zero-order valence-corrected chi connectivity index (χ0v) is 20.2. The molecule has 1 aliphatic carbocycles. The van der Waals surface area contributed by atoms with Crippen molar-refractivity contribution in [1.82, 2.24) is 0 Å². The molecule has 0 atom stereocenters. The van der Waals surface area contributed by atoms with Crippen molar-refractivity contribution in [3.05, 3.63) is 82.9 Å². The van der Waals surface area contributed by atoms with Crippen LogP contribution in [0.2, 0.25) is 0 Å². The molecule has 1 aliphatic rings. The third kappa shape index (κ3) is 5.87. The molecule has 34 heavy (non-hydrogen) atoms. The fourth-order valence-electron chi connectivity index (χ4n) is 4.78. The van der Waals surface area contributed by atoms with E-state index in [0.717, 1.165) is 54.6 Å². The van der Waals surface area contributed by atoms with E-state index in [1.54, 1.807) is 12.1 Å². The Morgan fingerprint density at radius 3 is 2.32 bits per heavy atom. The average Bonchev–Trinajstić information content (AvgIpc) is 2.84. The molecule has 4 heteroatoms. The van der Waals surface area contributed by atoms with Crippen molar-refractivity contribution in [3.63, 3.8) is 0 Å². The van der Waals surface area contributed by atoms with Crippen LogP contribution in [0.25, 0.3) is 11.1 Å². The summed E-state index contributed by atoms with van der Waals surface area (Å²) in [6, 6.07) is 19.7. The number of ether oxygens (including phenoxy) is 2. The Morgan fingerprint density at radius 1 is 0.882 bits per heavy atom. The van der Waals surface area contributed by atoms with Crippen LogP contribution < -0.4 is 9.47 Å². The minimum atomic E-state index is -0.552. The molecule has 178 valence electrons. The van der Waals surface area contributed by atoms with Crippen molar-refractivity contribution in [3.8, 4) is 22.6 Å². The van der Waals surface area contributed by atoms with Gasteiger partial charge in [0.25, 0.3) is 0 Å². The van der Waals surface area contributed by atoms with Gasteiger partial charge in [-0.2, -0.15) is 0 Å². The Labute approximate surface area is 202 Å². The number of carbonyl (C=O) groups is 1. The predicted molar refractivity (Wildman–Crippen MR) is 136 cm³/mol. The van der Waals surface area contributed by atoms with Gasteiger partial charge in [0.15, 0.2) is 0 Å². The summed E-state index contributed by atoms with van der Waals surface area (Å²) in [5, 5.41) is 10.7. The molecule has 3 aromatic carbocycles. The van der Waals surface area contributed by atoms with Crippen LogP contribution in [0, 0.1) is 13.8 Å². The highest BCUT2D eigenvalue weighted by Gasteiger charge is 2.28. The van der Waals surface area contributed by atoms with Gasteiger partial charge in [0.05, 0.1) is 12.2 Å². The van der Waals surface area contributed by atoms with Gasteiger partial charge in [-0.1, -0.05) is 43.5 Å². The number of hydrogen-bond acceptors (Lipinski definition) is 4. The van der Waals surface area contributed by atoms with Crippen molar-refractivity contribution >= 4 is 6.29 Å². The molecule has 0 aromatic heterocycles. The van der Waals surface area contributed by atoms with Crippen molar-refractivity contribution in [2.24, 2.45) is 0 Å². The van der Waals surface area contributed by atoms with Crippen LogP contribution >= 0.6 is 0 Å². The largest absolute Gasteiger partial charge is 0.493 e. The molecule has 3 aromatic rings. The number of rotatable bonds is 9. The first-order chi connectivity index (χ1) is 16.5.